The van der Waals surface area contributed by atoms with Gasteiger partial charge in [0, 0.05) is 6.54 Å². The first kappa shape index (κ1) is 17.9. The molecule has 1 amide bonds. The summed E-state index contributed by atoms with van der Waals surface area (Å²) in [5, 5.41) is 2.95. The number of ether oxygens (including phenoxy) is 2. The number of carbonyl (C=O) groups is 1. The van der Waals surface area contributed by atoms with Gasteiger partial charge in [-0.15, -0.1) is 0 Å². The van der Waals surface area contributed by atoms with Crippen molar-refractivity contribution in [3.8, 4) is 11.5 Å². The summed E-state index contributed by atoms with van der Waals surface area (Å²) in [7, 11) is 1.57. The lowest BCUT2D eigenvalue weighted by atomic mass is 10.1. The molecule has 4 nitrogen and oxygen atoms in total. The SMILES string of the molecule is CCCOc1ccccc1CCCNC(=O)c1ccccc1OC. The Hall–Kier alpha value is -2.49. The van der Waals surface area contributed by atoms with Crippen molar-refractivity contribution in [3.63, 3.8) is 0 Å². The number of para-hydroxylation sites is 2. The van der Waals surface area contributed by atoms with Crippen molar-refractivity contribution in [2.24, 2.45) is 0 Å². The molecule has 2 aromatic carbocycles. The van der Waals surface area contributed by atoms with Gasteiger partial charge in [-0.05, 0) is 43.0 Å². The molecule has 0 aliphatic heterocycles. The molecule has 0 spiro atoms. The number of carbonyl (C=O) groups excluding carboxylic acids is 1. The number of aryl methyl sites for hydroxylation is 1. The van der Waals surface area contributed by atoms with Gasteiger partial charge >= 0.3 is 0 Å². The highest BCUT2D eigenvalue weighted by Crippen LogP contribution is 2.20. The van der Waals surface area contributed by atoms with E-state index in [0.29, 0.717) is 17.9 Å². The lowest BCUT2D eigenvalue weighted by Crippen LogP contribution is -2.25. The fraction of sp³-hybridized carbons (Fsp3) is 0.350. The van der Waals surface area contributed by atoms with Crippen LogP contribution in [0.25, 0.3) is 0 Å². The van der Waals surface area contributed by atoms with E-state index >= 15 is 0 Å². The molecule has 0 aliphatic carbocycles. The zero-order valence-electron chi connectivity index (χ0n) is 14.4. The van der Waals surface area contributed by atoms with Gasteiger partial charge in [0.1, 0.15) is 11.5 Å². The molecule has 2 rings (SSSR count). The number of hydrogen-bond acceptors (Lipinski definition) is 3. The summed E-state index contributed by atoms with van der Waals surface area (Å²) in [6.07, 6.45) is 2.71. The number of benzene rings is 2. The van der Waals surface area contributed by atoms with Crippen LogP contribution in [0.4, 0.5) is 0 Å². The zero-order chi connectivity index (χ0) is 17.2. The molecule has 128 valence electrons. The normalized spacial score (nSPS) is 10.2. The van der Waals surface area contributed by atoms with Crippen molar-refractivity contribution in [3.05, 3.63) is 59.7 Å². The first-order chi connectivity index (χ1) is 11.8. The summed E-state index contributed by atoms with van der Waals surface area (Å²) >= 11 is 0. The molecular weight excluding hydrogens is 302 g/mol. The van der Waals surface area contributed by atoms with Crippen LogP contribution in [0.15, 0.2) is 48.5 Å². The molecule has 1 N–H and O–H groups in total. The molecule has 2 aromatic rings. The van der Waals surface area contributed by atoms with Gasteiger partial charge < -0.3 is 14.8 Å². The van der Waals surface area contributed by atoms with Crippen LogP contribution in [0.5, 0.6) is 11.5 Å². The van der Waals surface area contributed by atoms with Crippen molar-refractivity contribution in [2.75, 3.05) is 20.3 Å². The first-order valence-corrected chi connectivity index (χ1v) is 8.38. The van der Waals surface area contributed by atoms with Crippen molar-refractivity contribution < 1.29 is 14.3 Å². The van der Waals surface area contributed by atoms with Gasteiger partial charge in [-0.25, -0.2) is 0 Å². The van der Waals surface area contributed by atoms with Crippen LogP contribution in [0, 0.1) is 0 Å². The van der Waals surface area contributed by atoms with Gasteiger partial charge in [-0.3, -0.25) is 4.79 Å². The molecule has 0 aliphatic rings. The van der Waals surface area contributed by atoms with Gasteiger partial charge in [0.05, 0.1) is 19.3 Å². The van der Waals surface area contributed by atoms with E-state index in [1.54, 1.807) is 19.2 Å². The molecule has 0 atom stereocenters. The Kier molecular flexibility index (Phi) is 7.15. The van der Waals surface area contributed by atoms with Gasteiger partial charge in [0.15, 0.2) is 0 Å². The molecular formula is C20H25NO3. The lowest BCUT2D eigenvalue weighted by Gasteiger charge is -2.11. The van der Waals surface area contributed by atoms with Crippen LogP contribution in [-0.2, 0) is 6.42 Å². The van der Waals surface area contributed by atoms with E-state index in [1.165, 1.54) is 5.56 Å². The average molecular weight is 327 g/mol. The summed E-state index contributed by atoms with van der Waals surface area (Å²) in [6, 6.07) is 15.3. The van der Waals surface area contributed by atoms with E-state index in [2.05, 4.69) is 18.3 Å². The van der Waals surface area contributed by atoms with Gasteiger partial charge in [0.2, 0.25) is 0 Å². The monoisotopic (exact) mass is 327 g/mol. The minimum absolute atomic E-state index is 0.108. The maximum atomic E-state index is 12.2. The standard InChI is InChI=1S/C20H25NO3/c1-3-15-24-18-12-6-4-9-16(18)10-8-14-21-20(22)17-11-5-7-13-19(17)23-2/h4-7,9,11-13H,3,8,10,14-15H2,1-2H3,(H,21,22). The summed E-state index contributed by atoms with van der Waals surface area (Å²) in [6.45, 7) is 3.43. The third kappa shape index (κ3) is 5.01. The van der Waals surface area contributed by atoms with Crippen LogP contribution < -0.4 is 14.8 Å². The Balaban J connectivity index is 1.84. The largest absolute Gasteiger partial charge is 0.496 e. The van der Waals surface area contributed by atoms with Gasteiger partial charge in [-0.2, -0.15) is 0 Å². The van der Waals surface area contributed by atoms with Crippen LogP contribution >= 0.6 is 0 Å². The Morgan fingerprint density at radius 2 is 1.75 bits per heavy atom. The molecule has 24 heavy (non-hydrogen) atoms. The number of amides is 1. The molecule has 0 saturated carbocycles. The van der Waals surface area contributed by atoms with E-state index in [9.17, 15) is 4.79 Å². The van der Waals surface area contributed by atoms with Crippen LogP contribution in [0.1, 0.15) is 35.7 Å². The number of rotatable bonds is 9. The Morgan fingerprint density at radius 1 is 1.04 bits per heavy atom. The maximum absolute atomic E-state index is 12.2. The Bertz CT molecular complexity index is 655. The second kappa shape index (κ2) is 9.60. The average Bonchev–Trinajstić information content (AvgIpc) is 2.64. The summed E-state index contributed by atoms with van der Waals surface area (Å²) in [4.78, 5) is 12.2. The predicted octanol–water partition coefficient (Wildman–Crippen LogP) is 3.85. The minimum atomic E-state index is -0.108. The van der Waals surface area contributed by atoms with Gasteiger partial charge in [0.25, 0.3) is 5.91 Å². The maximum Gasteiger partial charge on any atom is 0.255 e. The third-order valence-corrected chi connectivity index (χ3v) is 3.69. The van der Waals surface area contributed by atoms with Gasteiger partial charge in [-0.1, -0.05) is 37.3 Å². The summed E-state index contributed by atoms with van der Waals surface area (Å²) < 4.78 is 11.0. The van der Waals surface area contributed by atoms with Crippen molar-refractivity contribution >= 4 is 5.91 Å². The molecule has 0 unspecified atom stereocenters. The fourth-order valence-electron chi connectivity index (χ4n) is 2.47. The van der Waals surface area contributed by atoms with Crippen LogP contribution in [0.3, 0.4) is 0 Å². The van der Waals surface area contributed by atoms with Crippen molar-refractivity contribution in [1.82, 2.24) is 5.32 Å². The molecule has 0 radical (unpaired) electrons. The second-order valence-electron chi connectivity index (χ2n) is 5.52. The van der Waals surface area contributed by atoms with E-state index in [1.807, 2.05) is 30.3 Å². The van der Waals surface area contributed by atoms with Crippen LogP contribution in [-0.4, -0.2) is 26.2 Å². The van der Waals surface area contributed by atoms with E-state index in [0.717, 1.165) is 31.6 Å². The Labute approximate surface area is 143 Å². The minimum Gasteiger partial charge on any atom is -0.496 e. The van der Waals surface area contributed by atoms with Crippen molar-refractivity contribution in [1.29, 1.82) is 0 Å². The predicted molar refractivity (Wildman–Crippen MR) is 95.9 cm³/mol. The van der Waals surface area contributed by atoms with E-state index < -0.39 is 0 Å². The highest BCUT2D eigenvalue weighted by molar-refractivity contribution is 5.96. The highest BCUT2D eigenvalue weighted by Gasteiger charge is 2.10. The molecule has 0 heterocycles. The number of methoxy groups -OCH3 is 1. The second-order valence-corrected chi connectivity index (χ2v) is 5.52. The Morgan fingerprint density at radius 3 is 2.50 bits per heavy atom. The topological polar surface area (TPSA) is 47.6 Å². The van der Waals surface area contributed by atoms with Crippen molar-refractivity contribution in [2.45, 2.75) is 26.2 Å². The molecule has 0 aromatic heterocycles. The lowest BCUT2D eigenvalue weighted by molar-refractivity contribution is 0.0950. The smallest absolute Gasteiger partial charge is 0.255 e. The molecule has 0 bridgehead atoms. The fourth-order valence-corrected chi connectivity index (χ4v) is 2.47. The van der Waals surface area contributed by atoms with E-state index in [4.69, 9.17) is 9.47 Å². The first-order valence-electron chi connectivity index (χ1n) is 8.38. The molecule has 0 saturated heterocycles. The molecule has 0 fully saturated rings. The third-order valence-electron chi connectivity index (χ3n) is 3.69. The molecule has 4 heteroatoms. The van der Waals surface area contributed by atoms with E-state index in [-0.39, 0.29) is 5.91 Å². The van der Waals surface area contributed by atoms with Crippen LogP contribution in [0.2, 0.25) is 0 Å². The number of nitrogens with one attached hydrogen (secondary N) is 1. The quantitative estimate of drug-likeness (QED) is 0.712. The summed E-state index contributed by atoms with van der Waals surface area (Å²) in [5.41, 5.74) is 1.74. The number of hydrogen-bond donors (Lipinski definition) is 1. The summed E-state index contributed by atoms with van der Waals surface area (Å²) in [5.74, 6) is 1.42. The zero-order valence-corrected chi connectivity index (χ0v) is 14.4. The highest BCUT2D eigenvalue weighted by atomic mass is 16.5.